The third-order valence-electron chi connectivity index (χ3n) is 5.64. The lowest BCUT2D eigenvalue weighted by molar-refractivity contribution is 0.187. The first-order chi connectivity index (χ1) is 14.6. The van der Waals surface area contributed by atoms with E-state index in [1.807, 2.05) is 25.1 Å². The molecule has 1 aliphatic rings. The van der Waals surface area contributed by atoms with E-state index in [9.17, 15) is 4.79 Å². The van der Waals surface area contributed by atoms with E-state index in [-0.39, 0.29) is 24.8 Å². The fourth-order valence-corrected chi connectivity index (χ4v) is 3.99. The van der Waals surface area contributed by atoms with Crippen LogP contribution in [0.15, 0.2) is 54.6 Å². The number of hydrogen-bond donors (Lipinski definition) is 1. The van der Waals surface area contributed by atoms with Crippen molar-refractivity contribution in [1.29, 1.82) is 0 Å². The van der Waals surface area contributed by atoms with Crippen molar-refractivity contribution in [2.24, 2.45) is 0 Å². The summed E-state index contributed by atoms with van der Waals surface area (Å²) in [6, 6.07) is 18.6. The van der Waals surface area contributed by atoms with Crippen LogP contribution in [0.2, 0.25) is 0 Å². The number of pyridine rings is 1. The third kappa shape index (κ3) is 6.25. The number of halogens is 2. The molecule has 1 saturated heterocycles. The number of nitrogens with one attached hydrogen (secondary N) is 1. The Kier molecular flexibility index (Phi) is 9.57. The monoisotopic (exact) mass is 476 g/mol. The molecule has 172 valence electrons. The summed E-state index contributed by atoms with van der Waals surface area (Å²) in [6.45, 7) is 7.14. The lowest BCUT2D eigenvalue weighted by atomic mass is 10.1. The number of carbonyl (C=O) groups is 1. The molecule has 0 unspecified atom stereocenters. The number of aromatic nitrogens is 1. The van der Waals surface area contributed by atoms with Crippen molar-refractivity contribution in [1.82, 2.24) is 9.88 Å². The van der Waals surface area contributed by atoms with Gasteiger partial charge in [0.2, 0.25) is 0 Å². The molecule has 0 aliphatic carbocycles. The van der Waals surface area contributed by atoms with E-state index in [1.165, 1.54) is 23.7 Å². The summed E-state index contributed by atoms with van der Waals surface area (Å²) in [4.78, 5) is 21.0. The van der Waals surface area contributed by atoms with E-state index in [1.54, 1.807) is 0 Å². The average Bonchev–Trinajstić information content (AvgIpc) is 2.77. The number of nitrogens with zero attached hydrogens (tertiary/aromatic N) is 3. The average molecular weight is 477 g/mol. The standard InChI is InChI=1S/C24H28N4O2.2ClH/c1-18-9-10-21-22(25-18)7-4-8-23(21)28-15-13-27(14-16-28)12-11-19-5-3-6-20(17-19)26-24(29)30-2;;/h3-10,17H,11-16H2,1-2H3,(H,26,29);2*1H. The van der Waals surface area contributed by atoms with Crippen molar-refractivity contribution < 1.29 is 9.53 Å². The van der Waals surface area contributed by atoms with Crippen LogP contribution in [0.1, 0.15) is 11.3 Å². The summed E-state index contributed by atoms with van der Waals surface area (Å²) in [5.41, 5.74) is 5.37. The van der Waals surface area contributed by atoms with Gasteiger partial charge in [-0.3, -0.25) is 15.2 Å². The predicted molar refractivity (Wildman–Crippen MR) is 136 cm³/mol. The molecule has 0 bridgehead atoms. The number of fused-ring (bicyclic) bond motifs is 1. The Balaban J connectivity index is 0.00000181. The Labute approximate surface area is 201 Å². The second-order valence-electron chi connectivity index (χ2n) is 7.69. The van der Waals surface area contributed by atoms with Gasteiger partial charge in [-0.05, 0) is 55.3 Å². The number of carbonyl (C=O) groups excluding carboxylic acids is 1. The van der Waals surface area contributed by atoms with Crippen molar-refractivity contribution in [3.63, 3.8) is 0 Å². The highest BCUT2D eigenvalue weighted by Crippen LogP contribution is 2.27. The molecule has 0 spiro atoms. The second-order valence-corrected chi connectivity index (χ2v) is 7.69. The van der Waals surface area contributed by atoms with Crippen LogP contribution in [0, 0.1) is 6.92 Å². The van der Waals surface area contributed by atoms with Gasteiger partial charge in [0.05, 0.1) is 12.6 Å². The van der Waals surface area contributed by atoms with Gasteiger partial charge in [0, 0.05) is 55.2 Å². The Morgan fingerprint density at radius 3 is 2.53 bits per heavy atom. The third-order valence-corrected chi connectivity index (χ3v) is 5.64. The number of ether oxygens (including phenoxy) is 1. The lowest BCUT2D eigenvalue weighted by Gasteiger charge is -2.36. The number of methoxy groups -OCH3 is 1. The van der Waals surface area contributed by atoms with Crippen molar-refractivity contribution >= 4 is 53.2 Å². The van der Waals surface area contributed by atoms with Gasteiger partial charge >= 0.3 is 6.09 Å². The lowest BCUT2D eigenvalue weighted by Crippen LogP contribution is -2.47. The predicted octanol–water partition coefficient (Wildman–Crippen LogP) is 4.93. The Hall–Kier alpha value is -2.54. The fraction of sp³-hybridized carbons (Fsp3) is 0.333. The van der Waals surface area contributed by atoms with Gasteiger partial charge in [0.1, 0.15) is 0 Å². The van der Waals surface area contributed by atoms with Crippen LogP contribution in [-0.2, 0) is 11.2 Å². The van der Waals surface area contributed by atoms with Crippen molar-refractivity contribution in [2.75, 3.05) is 50.1 Å². The molecule has 3 aromatic rings. The zero-order chi connectivity index (χ0) is 20.9. The Morgan fingerprint density at radius 2 is 1.78 bits per heavy atom. The molecular weight excluding hydrogens is 447 g/mol. The highest BCUT2D eigenvalue weighted by atomic mass is 35.5. The molecule has 4 rings (SSSR count). The smallest absolute Gasteiger partial charge is 0.411 e. The highest BCUT2D eigenvalue weighted by molar-refractivity contribution is 5.92. The van der Waals surface area contributed by atoms with Crippen LogP contribution in [-0.4, -0.2) is 55.8 Å². The molecule has 1 N–H and O–H groups in total. The van der Waals surface area contributed by atoms with Crippen molar-refractivity contribution in [3.8, 4) is 0 Å². The van der Waals surface area contributed by atoms with Crippen LogP contribution in [0.4, 0.5) is 16.2 Å². The van der Waals surface area contributed by atoms with Crippen LogP contribution < -0.4 is 10.2 Å². The van der Waals surface area contributed by atoms with Gasteiger partial charge in [0.25, 0.3) is 0 Å². The summed E-state index contributed by atoms with van der Waals surface area (Å²) >= 11 is 0. The molecule has 6 nitrogen and oxygen atoms in total. The number of benzene rings is 2. The minimum Gasteiger partial charge on any atom is -0.453 e. The number of hydrogen-bond acceptors (Lipinski definition) is 5. The van der Waals surface area contributed by atoms with Crippen LogP contribution in [0.3, 0.4) is 0 Å². The van der Waals surface area contributed by atoms with Gasteiger partial charge in [-0.25, -0.2) is 4.79 Å². The first kappa shape index (κ1) is 25.7. The molecule has 1 aliphatic heterocycles. The Morgan fingerprint density at radius 1 is 1.03 bits per heavy atom. The quantitative estimate of drug-likeness (QED) is 0.565. The van der Waals surface area contributed by atoms with E-state index in [4.69, 9.17) is 0 Å². The molecule has 0 saturated carbocycles. The van der Waals surface area contributed by atoms with E-state index < -0.39 is 6.09 Å². The topological polar surface area (TPSA) is 57.7 Å². The van der Waals surface area contributed by atoms with Gasteiger partial charge in [-0.15, -0.1) is 24.8 Å². The summed E-state index contributed by atoms with van der Waals surface area (Å²) in [5, 5.41) is 3.95. The maximum atomic E-state index is 11.4. The Bertz CT molecular complexity index is 1040. The first-order valence-corrected chi connectivity index (χ1v) is 10.4. The summed E-state index contributed by atoms with van der Waals surface area (Å²) in [7, 11) is 1.37. The largest absolute Gasteiger partial charge is 0.453 e. The van der Waals surface area contributed by atoms with Crippen molar-refractivity contribution in [2.45, 2.75) is 13.3 Å². The molecule has 1 amide bonds. The number of anilines is 2. The zero-order valence-corrected chi connectivity index (χ0v) is 20.0. The van der Waals surface area contributed by atoms with Crippen LogP contribution >= 0.6 is 24.8 Å². The SMILES string of the molecule is COC(=O)Nc1cccc(CCN2CCN(c3cccc4nc(C)ccc34)CC2)c1.Cl.Cl. The first-order valence-electron chi connectivity index (χ1n) is 10.4. The summed E-state index contributed by atoms with van der Waals surface area (Å²) in [6.07, 6.45) is 0.510. The van der Waals surface area contributed by atoms with Crippen molar-refractivity contribution in [3.05, 3.63) is 65.9 Å². The van der Waals surface area contributed by atoms with Gasteiger partial charge in [-0.2, -0.15) is 0 Å². The molecular formula is C24H30Cl2N4O2. The normalized spacial score (nSPS) is 13.8. The maximum absolute atomic E-state index is 11.4. The number of aryl methyl sites for hydroxylation is 1. The maximum Gasteiger partial charge on any atom is 0.411 e. The minimum atomic E-state index is -0.443. The highest BCUT2D eigenvalue weighted by Gasteiger charge is 2.18. The summed E-state index contributed by atoms with van der Waals surface area (Å²) < 4.78 is 4.66. The number of rotatable bonds is 5. The van der Waals surface area contributed by atoms with Gasteiger partial charge in [-0.1, -0.05) is 18.2 Å². The molecule has 2 aromatic carbocycles. The van der Waals surface area contributed by atoms with Crippen LogP contribution in [0.5, 0.6) is 0 Å². The second kappa shape index (κ2) is 11.9. The molecule has 2 heterocycles. The molecule has 1 fully saturated rings. The van der Waals surface area contributed by atoms with Gasteiger partial charge < -0.3 is 9.64 Å². The van der Waals surface area contributed by atoms with E-state index in [0.29, 0.717) is 0 Å². The van der Waals surface area contributed by atoms with Crippen LogP contribution in [0.25, 0.3) is 10.9 Å². The molecule has 0 radical (unpaired) electrons. The number of amides is 1. The summed E-state index contributed by atoms with van der Waals surface area (Å²) in [5.74, 6) is 0. The zero-order valence-electron chi connectivity index (χ0n) is 18.4. The molecule has 0 atom stereocenters. The fourth-order valence-electron chi connectivity index (χ4n) is 3.99. The molecule has 32 heavy (non-hydrogen) atoms. The van der Waals surface area contributed by atoms with Gasteiger partial charge in [0.15, 0.2) is 0 Å². The van der Waals surface area contributed by atoms with E-state index in [2.05, 4.69) is 61.2 Å². The number of piperazine rings is 1. The van der Waals surface area contributed by atoms with E-state index >= 15 is 0 Å². The minimum absolute atomic E-state index is 0. The van der Waals surface area contributed by atoms with E-state index in [0.717, 1.165) is 56.0 Å². The molecule has 1 aromatic heterocycles. The molecule has 8 heteroatoms.